The van der Waals surface area contributed by atoms with Crippen LogP contribution >= 0.6 is 0 Å². The van der Waals surface area contributed by atoms with Crippen molar-refractivity contribution >= 4 is 11.9 Å². The van der Waals surface area contributed by atoms with Crippen molar-refractivity contribution in [3.63, 3.8) is 0 Å². The molecule has 3 atom stereocenters. The molecule has 0 bridgehead atoms. The maximum Gasteiger partial charge on any atom is 0.338 e. The standard InChI is InChI=1S/C27H28N6O4/c34-26(24-5-1-17-12-20(3-6-22(17)24)33-16-28-29-30-33)32-9-8-31-14-25(37-15-21(31)13-32)19-2-4-23-18(11-19)7-10-36-27(23)35/h2-4,6,11-12,16,21,24-25H,1,5,7-10,13-15H2. The number of morpholine rings is 1. The zero-order chi connectivity index (χ0) is 24.9. The number of hydrogen-bond acceptors (Lipinski definition) is 8. The summed E-state index contributed by atoms with van der Waals surface area (Å²) in [6.07, 6.45) is 4.01. The Bertz CT molecular complexity index is 1360. The summed E-state index contributed by atoms with van der Waals surface area (Å²) >= 11 is 0. The summed E-state index contributed by atoms with van der Waals surface area (Å²) in [4.78, 5) is 30.0. The maximum absolute atomic E-state index is 13.6. The van der Waals surface area contributed by atoms with Gasteiger partial charge in [0, 0.05) is 32.6 Å². The van der Waals surface area contributed by atoms with Crippen molar-refractivity contribution in [1.82, 2.24) is 30.0 Å². The second kappa shape index (κ2) is 9.04. The lowest BCUT2D eigenvalue weighted by atomic mass is 9.95. The van der Waals surface area contributed by atoms with Crippen LogP contribution in [0.15, 0.2) is 42.7 Å². The van der Waals surface area contributed by atoms with Gasteiger partial charge in [-0.05, 0) is 63.7 Å². The number of fused-ring (bicyclic) bond motifs is 3. The number of esters is 1. The fourth-order valence-electron chi connectivity index (χ4n) is 6.24. The van der Waals surface area contributed by atoms with Gasteiger partial charge in [0.05, 0.1) is 42.5 Å². The summed E-state index contributed by atoms with van der Waals surface area (Å²) in [5, 5.41) is 11.4. The summed E-state index contributed by atoms with van der Waals surface area (Å²) in [5.41, 5.74) is 6.05. The minimum atomic E-state index is -0.240. The van der Waals surface area contributed by atoms with E-state index in [1.165, 1.54) is 5.56 Å². The monoisotopic (exact) mass is 500 g/mol. The number of carbonyl (C=O) groups excluding carboxylic acids is 2. The predicted octanol–water partition coefficient (Wildman–Crippen LogP) is 1.69. The second-order valence-electron chi connectivity index (χ2n) is 10.3. The van der Waals surface area contributed by atoms with E-state index in [-0.39, 0.29) is 29.9 Å². The van der Waals surface area contributed by atoms with E-state index < -0.39 is 0 Å². The first-order valence-corrected chi connectivity index (χ1v) is 12.9. The van der Waals surface area contributed by atoms with E-state index in [1.54, 1.807) is 11.0 Å². The first-order chi connectivity index (χ1) is 18.1. The van der Waals surface area contributed by atoms with E-state index in [1.807, 2.05) is 23.1 Å². The Hall–Kier alpha value is -3.63. The summed E-state index contributed by atoms with van der Waals surface area (Å²) in [7, 11) is 0. The molecule has 2 saturated heterocycles. The molecule has 37 heavy (non-hydrogen) atoms. The number of hydrogen-bond donors (Lipinski definition) is 0. The van der Waals surface area contributed by atoms with Crippen molar-refractivity contribution in [2.45, 2.75) is 37.3 Å². The molecule has 0 N–H and O–H groups in total. The van der Waals surface area contributed by atoms with Gasteiger partial charge in [-0.1, -0.05) is 18.2 Å². The lowest BCUT2D eigenvalue weighted by Crippen LogP contribution is -2.60. The molecular weight excluding hydrogens is 472 g/mol. The highest BCUT2D eigenvalue weighted by molar-refractivity contribution is 5.92. The van der Waals surface area contributed by atoms with Crippen molar-refractivity contribution in [3.05, 3.63) is 70.5 Å². The summed E-state index contributed by atoms with van der Waals surface area (Å²) in [6.45, 7) is 4.07. The first kappa shape index (κ1) is 22.6. The second-order valence-corrected chi connectivity index (χ2v) is 10.3. The van der Waals surface area contributed by atoms with E-state index >= 15 is 0 Å². The number of ether oxygens (including phenoxy) is 2. The number of benzene rings is 2. The first-order valence-electron chi connectivity index (χ1n) is 12.9. The van der Waals surface area contributed by atoms with Gasteiger partial charge in [-0.25, -0.2) is 9.48 Å². The molecule has 3 aromatic rings. The van der Waals surface area contributed by atoms with E-state index in [4.69, 9.17) is 9.47 Å². The van der Waals surface area contributed by atoms with Crippen LogP contribution in [-0.2, 0) is 27.1 Å². The van der Waals surface area contributed by atoms with Crippen LogP contribution in [0.4, 0.5) is 0 Å². The molecule has 1 aromatic heterocycles. The third kappa shape index (κ3) is 4.00. The van der Waals surface area contributed by atoms with Crippen molar-refractivity contribution in [3.8, 4) is 5.69 Å². The highest BCUT2D eigenvalue weighted by Crippen LogP contribution is 2.37. The van der Waals surface area contributed by atoms with Crippen molar-refractivity contribution in [2.24, 2.45) is 0 Å². The SMILES string of the molecule is O=C1OCCc2cc(C3CN4CCN(C(=O)C5CCc6cc(-n7cnnn7)ccc65)CC4CO3)ccc21. The number of cyclic esters (lactones) is 1. The van der Waals surface area contributed by atoms with Gasteiger partial charge in [-0.3, -0.25) is 9.69 Å². The predicted molar refractivity (Wildman–Crippen MR) is 131 cm³/mol. The van der Waals surface area contributed by atoms with Crippen molar-refractivity contribution in [2.75, 3.05) is 39.4 Å². The Balaban J connectivity index is 1.01. The lowest BCUT2D eigenvalue weighted by molar-refractivity contribution is -0.141. The number of amides is 1. The van der Waals surface area contributed by atoms with Crippen molar-refractivity contribution in [1.29, 1.82) is 0 Å². The van der Waals surface area contributed by atoms with Crippen LogP contribution in [0.5, 0.6) is 0 Å². The fraction of sp³-hybridized carbons (Fsp3) is 0.444. The smallest absolute Gasteiger partial charge is 0.338 e. The molecule has 7 rings (SSSR count). The molecule has 0 saturated carbocycles. The molecule has 190 valence electrons. The molecule has 10 heteroatoms. The molecule has 3 unspecified atom stereocenters. The number of aryl methyl sites for hydroxylation is 1. The van der Waals surface area contributed by atoms with Crippen LogP contribution in [0.2, 0.25) is 0 Å². The summed E-state index contributed by atoms with van der Waals surface area (Å²) in [6, 6.07) is 12.3. The minimum absolute atomic E-state index is 0.0298. The zero-order valence-electron chi connectivity index (χ0n) is 20.5. The number of tetrazole rings is 1. The Morgan fingerprint density at radius 2 is 1.97 bits per heavy atom. The normalized spacial score (nSPS) is 25.2. The molecule has 1 aliphatic carbocycles. The zero-order valence-corrected chi connectivity index (χ0v) is 20.5. The van der Waals surface area contributed by atoms with Crippen LogP contribution in [0.3, 0.4) is 0 Å². The average Bonchev–Trinajstić information content (AvgIpc) is 3.62. The van der Waals surface area contributed by atoms with Gasteiger partial charge in [0.2, 0.25) is 5.91 Å². The molecule has 10 nitrogen and oxygen atoms in total. The summed E-state index contributed by atoms with van der Waals surface area (Å²) in [5.74, 6) is -0.114. The van der Waals surface area contributed by atoms with E-state index in [2.05, 4.69) is 38.6 Å². The van der Waals surface area contributed by atoms with Crippen molar-refractivity contribution < 1.29 is 19.1 Å². The van der Waals surface area contributed by atoms with E-state index in [0.29, 0.717) is 25.3 Å². The Kier molecular flexibility index (Phi) is 5.51. The molecule has 0 radical (unpaired) electrons. The molecule has 2 aromatic carbocycles. The number of carbonyl (C=O) groups is 2. The molecule has 1 amide bonds. The molecular formula is C27H28N6O4. The van der Waals surface area contributed by atoms with Gasteiger partial charge >= 0.3 is 5.97 Å². The molecule has 4 heterocycles. The Morgan fingerprint density at radius 3 is 2.86 bits per heavy atom. The highest BCUT2D eigenvalue weighted by Gasteiger charge is 2.39. The van der Waals surface area contributed by atoms with Crippen LogP contribution < -0.4 is 0 Å². The van der Waals surface area contributed by atoms with Crippen LogP contribution in [0.25, 0.3) is 5.69 Å². The van der Waals surface area contributed by atoms with Crippen LogP contribution in [0.1, 0.15) is 51.1 Å². The quantitative estimate of drug-likeness (QED) is 0.501. The number of nitrogens with zero attached hydrogens (tertiary/aromatic N) is 6. The van der Waals surface area contributed by atoms with Gasteiger partial charge in [-0.15, -0.1) is 5.10 Å². The summed E-state index contributed by atoms with van der Waals surface area (Å²) < 4.78 is 13.1. The van der Waals surface area contributed by atoms with Crippen LogP contribution in [-0.4, -0.2) is 87.3 Å². The average molecular weight is 501 g/mol. The molecule has 2 fully saturated rings. The molecule has 3 aliphatic heterocycles. The van der Waals surface area contributed by atoms with E-state index in [0.717, 1.165) is 61.3 Å². The number of rotatable bonds is 3. The number of aromatic nitrogens is 4. The minimum Gasteiger partial charge on any atom is -0.462 e. The van der Waals surface area contributed by atoms with Crippen LogP contribution in [0, 0.1) is 0 Å². The third-order valence-corrected chi connectivity index (χ3v) is 8.25. The topological polar surface area (TPSA) is 103 Å². The van der Waals surface area contributed by atoms with Gasteiger partial charge in [0.15, 0.2) is 0 Å². The number of piperazine rings is 1. The van der Waals surface area contributed by atoms with Gasteiger partial charge in [-0.2, -0.15) is 0 Å². The van der Waals surface area contributed by atoms with E-state index in [9.17, 15) is 9.59 Å². The van der Waals surface area contributed by atoms with Gasteiger partial charge < -0.3 is 14.4 Å². The lowest BCUT2D eigenvalue weighted by Gasteiger charge is -2.46. The van der Waals surface area contributed by atoms with Gasteiger partial charge in [0.25, 0.3) is 0 Å². The Labute approximate surface area is 214 Å². The largest absolute Gasteiger partial charge is 0.462 e. The Morgan fingerprint density at radius 1 is 1.03 bits per heavy atom. The molecule has 0 spiro atoms. The van der Waals surface area contributed by atoms with Gasteiger partial charge in [0.1, 0.15) is 6.33 Å². The third-order valence-electron chi connectivity index (χ3n) is 8.25. The maximum atomic E-state index is 13.6. The highest BCUT2D eigenvalue weighted by atomic mass is 16.5. The fourth-order valence-corrected chi connectivity index (χ4v) is 6.24. The molecule has 4 aliphatic rings.